The second kappa shape index (κ2) is 8.36. The normalized spacial score (nSPS) is 19.6. The Labute approximate surface area is 122 Å². The quantitative estimate of drug-likeness (QED) is 0.649. The van der Waals surface area contributed by atoms with Crippen LogP contribution < -0.4 is 5.32 Å². The second-order valence-electron chi connectivity index (χ2n) is 5.27. The third kappa shape index (κ3) is 5.58. The average molecular weight is 304 g/mol. The largest absolute Gasteiger partial charge is 0.481 e. The Morgan fingerprint density at radius 1 is 1.40 bits per heavy atom. The number of rotatable bonds is 7. The summed E-state index contributed by atoms with van der Waals surface area (Å²) < 4.78 is 11.2. The molecule has 1 heterocycles. The zero-order valence-corrected chi connectivity index (χ0v) is 12.9. The van der Waals surface area contributed by atoms with Crippen molar-refractivity contribution < 1.29 is 18.9 Å². The van der Waals surface area contributed by atoms with Crippen LogP contribution in [-0.2, 0) is 20.4 Å². The Morgan fingerprint density at radius 2 is 2.00 bits per heavy atom. The van der Waals surface area contributed by atoms with Crippen molar-refractivity contribution in [2.75, 3.05) is 32.4 Å². The summed E-state index contributed by atoms with van der Waals surface area (Å²) in [6.45, 7) is 3.90. The van der Waals surface area contributed by atoms with Crippen LogP contribution in [0.1, 0.15) is 26.2 Å². The molecule has 0 radical (unpaired) electrons. The topological polar surface area (TPSA) is 86.7 Å². The summed E-state index contributed by atoms with van der Waals surface area (Å²) in [5.41, 5.74) is 0. The number of aliphatic carboxylic acids is 1. The third-order valence-corrected chi connectivity index (χ3v) is 5.14. The molecule has 2 unspecified atom stereocenters. The zero-order valence-electron chi connectivity index (χ0n) is 12.1. The summed E-state index contributed by atoms with van der Waals surface area (Å²) in [6, 6.07) is 0. The van der Waals surface area contributed by atoms with Crippen molar-refractivity contribution >= 4 is 22.7 Å². The smallest absolute Gasteiger partial charge is 0.306 e. The van der Waals surface area contributed by atoms with Crippen molar-refractivity contribution in [3.05, 3.63) is 0 Å². The van der Waals surface area contributed by atoms with E-state index in [1.165, 1.54) is 0 Å². The van der Waals surface area contributed by atoms with Crippen LogP contribution in [0.25, 0.3) is 0 Å². The molecule has 0 spiro atoms. The molecule has 0 aromatic heterocycles. The summed E-state index contributed by atoms with van der Waals surface area (Å²) in [5, 5.41) is 12.1. The van der Waals surface area contributed by atoms with E-state index in [-0.39, 0.29) is 23.6 Å². The van der Waals surface area contributed by atoms with Gasteiger partial charge in [-0.1, -0.05) is 6.92 Å². The van der Waals surface area contributed by atoms with Crippen LogP contribution in [-0.4, -0.2) is 63.8 Å². The summed E-state index contributed by atoms with van der Waals surface area (Å²) in [5.74, 6) is -1.07. The molecule has 0 aliphatic carbocycles. The monoisotopic (exact) mass is 304 g/mol. The molecular weight excluding hydrogens is 280 g/mol. The molecule has 7 heteroatoms. The molecule has 1 aliphatic rings. The van der Waals surface area contributed by atoms with Gasteiger partial charge in [0.25, 0.3) is 0 Å². The van der Waals surface area contributed by atoms with Crippen molar-refractivity contribution in [2.45, 2.75) is 31.4 Å². The lowest BCUT2D eigenvalue weighted by atomic mass is 9.97. The van der Waals surface area contributed by atoms with Crippen LogP contribution in [0.5, 0.6) is 0 Å². The van der Waals surface area contributed by atoms with E-state index >= 15 is 0 Å². The third-order valence-electron chi connectivity index (χ3n) is 3.77. The van der Waals surface area contributed by atoms with Crippen molar-refractivity contribution in [2.24, 2.45) is 5.92 Å². The van der Waals surface area contributed by atoms with Gasteiger partial charge in [0, 0.05) is 35.4 Å². The lowest BCUT2D eigenvalue weighted by Gasteiger charge is -2.30. The maximum absolute atomic E-state index is 11.9. The number of piperidine rings is 1. The fourth-order valence-corrected chi connectivity index (χ4v) is 2.60. The van der Waals surface area contributed by atoms with Gasteiger partial charge in [0.05, 0.1) is 12.5 Å². The maximum Gasteiger partial charge on any atom is 0.306 e. The minimum atomic E-state index is -0.828. The van der Waals surface area contributed by atoms with Gasteiger partial charge in [0.1, 0.15) is 0 Å². The van der Waals surface area contributed by atoms with E-state index in [4.69, 9.17) is 5.11 Å². The number of nitrogens with one attached hydrogen (secondary N) is 1. The average Bonchev–Trinajstić information content (AvgIpc) is 2.43. The van der Waals surface area contributed by atoms with E-state index < -0.39 is 16.8 Å². The van der Waals surface area contributed by atoms with Crippen LogP contribution in [0, 0.1) is 5.92 Å². The van der Waals surface area contributed by atoms with E-state index in [9.17, 15) is 13.8 Å². The molecule has 1 aliphatic heterocycles. The van der Waals surface area contributed by atoms with Gasteiger partial charge in [-0.2, -0.15) is 0 Å². The van der Waals surface area contributed by atoms with E-state index in [1.54, 1.807) is 11.2 Å². The zero-order chi connectivity index (χ0) is 15.1. The molecule has 2 atom stereocenters. The van der Waals surface area contributed by atoms with Crippen molar-refractivity contribution in [3.63, 3.8) is 0 Å². The first-order valence-corrected chi connectivity index (χ1v) is 8.57. The minimum absolute atomic E-state index is 0.0131. The summed E-state index contributed by atoms with van der Waals surface area (Å²) in [7, 11) is -0.828. The number of amides is 1. The van der Waals surface area contributed by atoms with Crippen molar-refractivity contribution in [1.82, 2.24) is 10.2 Å². The first-order chi connectivity index (χ1) is 9.41. The molecule has 116 valence electrons. The standard InChI is InChI=1S/C13H24N2O4S/c1-10(20(2)19)3-6-14-9-12(16)15-7-4-11(5-8-15)13(17)18/h10-11,14H,3-9H2,1-2H3,(H,17,18). The van der Waals surface area contributed by atoms with Crippen LogP contribution in [0.2, 0.25) is 0 Å². The Kier molecular flexibility index (Phi) is 7.15. The molecule has 6 nitrogen and oxygen atoms in total. The molecule has 0 bridgehead atoms. The van der Waals surface area contributed by atoms with Gasteiger partial charge in [0.15, 0.2) is 0 Å². The molecule has 1 rings (SSSR count). The SMILES string of the molecule is CC(CCNCC(=O)N1CCC(C(=O)O)CC1)S(C)=O. The lowest BCUT2D eigenvalue weighted by Crippen LogP contribution is -2.44. The van der Waals surface area contributed by atoms with Crippen LogP contribution in [0.3, 0.4) is 0 Å². The van der Waals surface area contributed by atoms with Gasteiger partial charge in [0.2, 0.25) is 5.91 Å². The Morgan fingerprint density at radius 3 is 2.50 bits per heavy atom. The number of nitrogens with zero attached hydrogens (tertiary/aromatic N) is 1. The summed E-state index contributed by atoms with van der Waals surface area (Å²) >= 11 is 0. The number of carboxylic acids is 1. The van der Waals surface area contributed by atoms with Crippen molar-refractivity contribution in [1.29, 1.82) is 0 Å². The van der Waals surface area contributed by atoms with Gasteiger partial charge in [-0.15, -0.1) is 0 Å². The van der Waals surface area contributed by atoms with Crippen LogP contribution >= 0.6 is 0 Å². The highest BCUT2D eigenvalue weighted by atomic mass is 32.2. The van der Waals surface area contributed by atoms with Gasteiger partial charge < -0.3 is 15.3 Å². The molecule has 0 aromatic rings. The minimum Gasteiger partial charge on any atom is -0.481 e. The van der Waals surface area contributed by atoms with Gasteiger partial charge in [-0.3, -0.25) is 13.8 Å². The van der Waals surface area contributed by atoms with E-state index in [0.29, 0.717) is 32.5 Å². The summed E-state index contributed by atoms with van der Waals surface area (Å²) in [6.07, 6.45) is 3.53. The molecule has 0 saturated carbocycles. The number of carbonyl (C=O) groups excluding carboxylic acids is 1. The summed E-state index contributed by atoms with van der Waals surface area (Å²) in [4.78, 5) is 24.4. The Bertz CT molecular complexity index is 367. The number of hydrogen-bond donors (Lipinski definition) is 2. The van der Waals surface area contributed by atoms with E-state index in [2.05, 4.69) is 5.32 Å². The van der Waals surface area contributed by atoms with Gasteiger partial charge >= 0.3 is 5.97 Å². The number of carbonyl (C=O) groups is 2. The Hall–Kier alpha value is -0.950. The van der Waals surface area contributed by atoms with E-state index in [0.717, 1.165) is 6.42 Å². The fourth-order valence-electron chi connectivity index (χ4n) is 2.15. The maximum atomic E-state index is 11.9. The number of hydrogen-bond acceptors (Lipinski definition) is 4. The predicted molar refractivity (Wildman–Crippen MR) is 78.0 cm³/mol. The first kappa shape index (κ1) is 17.1. The molecule has 1 amide bonds. The van der Waals surface area contributed by atoms with Gasteiger partial charge in [-0.25, -0.2) is 0 Å². The van der Waals surface area contributed by atoms with Crippen LogP contribution in [0.15, 0.2) is 0 Å². The van der Waals surface area contributed by atoms with Gasteiger partial charge in [-0.05, 0) is 25.8 Å². The molecular formula is C13H24N2O4S. The highest BCUT2D eigenvalue weighted by molar-refractivity contribution is 7.84. The van der Waals surface area contributed by atoms with Crippen molar-refractivity contribution in [3.8, 4) is 0 Å². The van der Waals surface area contributed by atoms with E-state index in [1.807, 2.05) is 6.92 Å². The molecule has 2 N–H and O–H groups in total. The molecule has 20 heavy (non-hydrogen) atoms. The highest BCUT2D eigenvalue weighted by Crippen LogP contribution is 2.17. The molecule has 1 fully saturated rings. The number of carboxylic acid groups (broad SMARTS) is 1. The fraction of sp³-hybridized carbons (Fsp3) is 0.846. The number of likely N-dealkylation sites (tertiary alicyclic amines) is 1. The van der Waals surface area contributed by atoms with Crippen LogP contribution in [0.4, 0.5) is 0 Å². The second-order valence-corrected chi connectivity index (χ2v) is 7.07. The highest BCUT2D eigenvalue weighted by Gasteiger charge is 2.26. The first-order valence-electron chi connectivity index (χ1n) is 6.95. The predicted octanol–water partition coefficient (Wildman–Crippen LogP) is 0.0563. The lowest BCUT2D eigenvalue weighted by molar-refractivity contribution is -0.145. The Balaban J connectivity index is 2.18. The molecule has 0 aromatic carbocycles. The molecule has 1 saturated heterocycles.